The van der Waals surface area contributed by atoms with Crippen molar-refractivity contribution in [2.45, 2.75) is 13.5 Å². The molecule has 0 aliphatic rings. The number of nitrogens with two attached hydrogens (primary N) is 1. The molecule has 1 aromatic heterocycles. The third-order valence-electron chi connectivity index (χ3n) is 2.60. The van der Waals surface area contributed by atoms with Crippen LogP contribution in [0.4, 0.5) is 5.69 Å². The van der Waals surface area contributed by atoms with Crippen LogP contribution in [-0.4, -0.2) is 15.9 Å². The van der Waals surface area contributed by atoms with Crippen LogP contribution in [0.5, 0.6) is 0 Å². The van der Waals surface area contributed by atoms with E-state index in [1.54, 1.807) is 24.5 Å². The van der Waals surface area contributed by atoms with E-state index < -0.39 is 5.91 Å². The van der Waals surface area contributed by atoms with Crippen LogP contribution < -0.4 is 11.1 Å². The predicted octanol–water partition coefficient (Wildman–Crippen LogP) is 1.43. The van der Waals surface area contributed by atoms with Gasteiger partial charge < -0.3 is 16.0 Å². The fourth-order valence-corrected chi connectivity index (χ4v) is 1.67. The second kappa shape index (κ2) is 4.69. The van der Waals surface area contributed by atoms with Gasteiger partial charge in [-0.1, -0.05) is 6.07 Å². The fraction of sp³-hybridized carbons (Fsp3) is 0.167. The number of hydrogen-bond donors (Lipinski definition) is 3. The number of nitrogens with zero attached hydrogens (tertiary/aromatic N) is 1. The first kappa shape index (κ1) is 11.2. The van der Waals surface area contributed by atoms with E-state index in [2.05, 4.69) is 15.3 Å². The van der Waals surface area contributed by atoms with Gasteiger partial charge in [0.1, 0.15) is 5.82 Å². The monoisotopic (exact) mass is 230 g/mol. The lowest BCUT2D eigenvalue weighted by Crippen LogP contribution is -2.14. The second-order valence-corrected chi connectivity index (χ2v) is 3.73. The Kier molecular flexibility index (Phi) is 3.09. The van der Waals surface area contributed by atoms with E-state index in [0.717, 1.165) is 17.1 Å². The Morgan fingerprint density at radius 1 is 1.53 bits per heavy atom. The molecule has 88 valence electrons. The Balaban J connectivity index is 2.16. The summed E-state index contributed by atoms with van der Waals surface area (Å²) in [5.74, 6) is 0.429. The number of imidazole rings is 1. The number of anilines is 1. The largest absolute Gasteiger partial charge is 0.378 e. The normalized spacial score (nSPS) is 10.2. The summed E-state index contributed by atoms with van der Waals surface area (Å²) in [6.45, 7) is 2.45. The van der Waals surface area contributed by atoms with Crippen molar-refractivity contribution in [2.24, 2.45) is 5.73 Å². The SMILES string of the molecule is Cc1c(NCc2ncc[nH]2)cccc1C(N)=O. The van der Waals surface area contributed by atoms with E-state index in [4.69, 9.17) is 5.73 Å². The van der Waals surface area contributed by atoms with Crippen molar-refractivity contribution in [3.05, 3.63) is 47.5 Å². The Hall–Kier alpha value is -2.30. The molecule has 0 atom stereocenters. The summed E-state index contributed by atoms with van der Waals surface area (Å²) in [5, 5.41) is 3.21. The molecule has 0 aliphatic carbocycles. The number of amides is 1. The van der Waals surface area contributed by atoms with Crippen molar-refractivity contribution in [1.29, 1.82) is 0 Å². The summed E-state index contributed by atoms with van der Waals surface area (Å²) in [6.07, 6.45) is 3.47. The van der Waals surface area contributed by atoms with Crippen LogP contribution in [0, 0.1) is 6.92 Å². The fourth-order valence-electron chi connectivity index (χ4n) is 1.67. The number of carbonyl (C=O) groups is 1. The molecule has 2 rings (SSSR count). The Bertz CT molecular complexity index is 519. The van der Waals surface area contributed by atoms with Crippen LogP contribution in [-0.2, 0) is 6.54 Å². The number of primary amides is 1. The smallest absolute Gasteiger partial charge is 0.249 e. The van der Waals surface area contributed by atoms with Gasteiger partial charge in [-0.05, 0) is 24.6 Å². The minimum absolute atomic E-state index is 0.413. The van der Waals surface area contributed by atoms with Crippen molar-refractivity contribution < 1.29 is 4.79 Å². The molecule has 17 heavy (non-hydrogen) atoms. The van der Waals surface area contributed by atoms with E-state index in [9.17, 15) is 4.79 Å². The van der Waals surface area contributed by atoms with E-state index in [1.807, 2.05) is 13.0 Å². The molecule has 2 aromatic rings. The quantitative estimate of drug-likeness (QED) is 0.742. The zero-order valence-corrected chi connectivity index (χ0v) is 9.53. The summed E-state index contributed by atoms with van der Waals surface area (Å²) in [6, 6.07) is 5.43. The summed E-state index contributed by atoms with van der Waals surface area (Å²) >= 11 is 0. The standard InChI is InChI=1S/C12H14N4O/c1-8-9(12(13)17)3-2-4-10(8)16-7-11-14-5-6-15-11/h2-6,16H,7H2,1H3,(H2,13,17)(H,14,15). The average Bonchev–Trinajstić information content (AvgIpc) is 2.80. The lowest BCUT2D eigenvalue weighted by molar-refractivity contribution is 0.1000. The maximum atomic E-state index is 11.2. The number of aromatic amines is 1. The molecule has 5 heteroatoms. The highest BCUT2D eigenvalue weighted by molar-refractivity contribution is 5.95. The third-order valence-corrected chi connectivity index (χ3v) is 2.60. The first-order valence-corrected chi connectivity index (χ1v) is 5.30. The highest BCUT2D eigenvalue weighted by atomic mass is 16.1. The van der Waals surface area contributed by atoms with Gasteiger partial charge in [0.15, 0.2) is 0 Å². The number of carbonyl (C=O) groups excluding carboxylic acids is 1. The highest BCUT2D eigenvalue weighted by Crippen LogP contribution is 2.18. The number of benzene rings is 1. The topological polar surface area (TPSA) is 83.8 Å². The van der Waals surface area contributed by atoms with Gasteiger partial charge in [-0.25, -0.2) is 4.98 Å². The van der Waals surface area contributed by atoms with Gasteiger partial charge in [0.2, 0.25) is 5.91 Å². The molecule has 0 saturated heterocycles. The van der Waals surface area contributed by atoms with Crippen LogP contribution in [0.25, 0.3) is 0 Å². The molecule has 0 fully saturated rings. The molecule has 4 N–H and O–H groups in total. The van der Waals surface area contributed by atoms with Crippen molar-refractivity contribution in [3.8, 4) is 0 Å². The molecular weight excluding hydrogens is 216 g/mol. The van der Waals surface area contributed by atoms with Crippen LogP contribution in [0.15, 0.2) is 30.6 Å². The highest BCUT2D eigenvalue weighted by Gasteiger charge is 2.08. The van der Waals surface area contributed by atoms with Gasteiger partial charge in [0.05, 0.1) is 6.54 Å². The number of rotatable bonds is 4. The molecule has 0 radical (unpaired) electrons. The van der Waals surface area contributed by atoms with Crippen molar-refractivity contribution in [2.75, 3.05) is 5.32 Å². The summed E-state index contributed by atoms with van der Waals surface area (Å²) < 4.78 is 0. The van der Waals surface area contributed by atoms with Gasteiger partial charge in [0, 0.05) is 23.6 Å². The molecule has 0 bridgehead atoms. The van der Waals surface area contributed by atoms with E-state index in [0.29, 0.717) is 12.1 Å². The van der Waals surface area contributed by atoms with Gasteiger partial charge in [-0.2, -0.15) is 0 Å². The maximum Gasteiger partial charge on any atom is 0.249 e. The predicted molar refractivity (Wildman–Crippen MR) is 65.6 cm³/mol. The Labute approximate surface area is 99.1 Å². The lowest BCUT2D eigenvalue weighted by Gasteiger charge is -2.10. The summed E-state index contributed by atoms with van der Waals surface area (Å²) in [4.78, 5) is 18.3. The van der Waals surface area contributed by atoms with Crippen molar-refractivity contribution in [1.82, 2.24) is 9.97 Å². The van der Waals surface area contributed by atoms with Gasteiger partial charge in [0.25, 0.3) is 0 Å². The first-order chi connectivity index (χ1) is 8.18. The molecule has 1 heterocycles. The van der Waals surface area contributed by atoms with Gasteiger partial charge in [-0.3, -0.25) is 4.79 Å². The number of hydrogen-bond acceptors (Lipinski definition) is 3. The molecule has 0 unspecified atom stereocenters. The molecule has 1 amide bonds. The Morgan fingerprint density at radius 2 is 2.35 bits per heavy atom. The third kappa shape index (κ3) is 2.44. The molecule has 5 nitrogen and oxygen atoms in total. The minimum Gasteiger partial charge on any atom is -0.378 e. The summed E-state index contributed by atoms with van der Waals surface area (Å²) in [7, 11) is 0. The second-order valence-electron chi connectivity index (χ2n) is 3.73. The van der Waals surface area contributed by atoms with Crippen molar-refractivity contribution in [3.63, 3.8) is 0 Å². The lowest BCUT2D eigenvalue weighted by atomic mass is 10.1. The molecule has 0 spiro atoms. The van der Waals surface area contributed by atoms with Gasteiger partial charge in [-0.15, -0.1) is 0 Å². The van der Waals surface area contributed by atoms with Crippen LogP contribution >= 0.6 is 0 Å². The van der Waals surface area contributed by atoms with Crippen LogP contribution in [0.3, 0.4) is 0 Å². The molecule has 1 aromatic carbocycles. The van der Waals surface area contributed by atoms with E-state index in [1.165, 1.54) is 0 Å². The van der Waals surface area contributed by atoms with E-state index in [-0.39, 0.29) is 0 Å². The van der Waals surface area contributed by atoms with Crippen LogP contribution in [0.1, 0.15) is 21.7 Å². The average molecular weight is 230 g/mol. The molecule has 0 saturated carbocycles. The number of H-pyrrole nitrogens is 1. The Morgan fingerprint density at radius 3 is 3.00 bits per heavy atom. The summed E-state index contributed by atoms with van der Waals surface area (Å²) in [5.41, 5.74) is 7.57. The van der Waals surface area contributed by atoms with Gasteiger partial charge >= 0.3 is 0 Å². The maximum absolute atomic E-state index is 11.2. The zero-order valence-electron chi connectivity index (χ0n) is 9.53. The number of aromatic nitrogens is 2. The van der Waals surface area contributed by atoms with Crippen molar-refractivity contribution >= 4 is 11.6 Å². The molecule has 0 aliphatic heterocycles. The zero-order chi connectivity index (χ0) is 12.3. The first-order valence-electron chi connectivity index (χ1n) is 5.30. The minimum atomic E-state index is -0.413. The molecular formula is C12H14N4O. The van der Waals surface area contributed by atoms with E-state index >= 15 is 0 Å². The van der Waals surface area contributed by atoms with Crippen LogP contribution in [0.2, 0.25) is 0 Å². The number of nitrogens with one attached hydrogen (secondary N) is 2.